The van der Waals surface area contributed by atoms with Gasteiger partial charge >= 0.3 is 0 Å². The molecule has 1 amide bonds. The third-order valence-electron chi connectivity index (χ3n) is 7.49. The molecule has 0 spiro atoms. The highest BCUT2D eigenvalue weighted by atomic mass is 16.3. The van der Waals surface area contributed by atoms with Gasteiger partial charge in [0.2, 0.25) is 0 Å². The topological polar surface area (TPSA) is 43.8 Å². The number of hydrogen-bond acceptors (Lipinski definition) is 3. The van der Waals surface area contributed by atoms with Gasteiger partial charge in [0, 0.05) is 29.8 Å². The maximum absolute atomic E-state index is 14.0. The van der Waals surface area contributed by atoms with E-state index in [2.05, 4.69) is 70.7 Å². The molecule has 2 aromatic rings. The van der Waals surface area contributed by atoms with E-state index in [1.807, 2.05) is 24.1 Å². The van der Waals surface area contributed by atoms with E-state index < -0.39 is 0 Å². The first kappa shape index (κ1) is 23.8. The number of phenolic OH excluding ortho intramolecular Hbond substituents is 1. The van der Waals surface area contributed by atoms with Crippen LogP contribution in [0.1, 0.15) is 93.0 Å². The lowest BCUT2D eigenvalue weighted by Crippen LogP contribution is -2.44. The molecule has 1 heterocycles. The van der Waals surface area contributed by atoms with Crippen molar-refractivity contribution in [2.24, 2.45) is 0 Å². The number of fused-ring (bicyclic) bond motifs is 1. The van der Waals surface area contributed by atoms with Gasteiger partial charge in [-0.3, -0.25) is 9.69 Å². The zero-order valence-corrected chi connectivity index (χ0v) is 21.4. The van der Waals surface area contributed by atoms with Crippen LogP contribution >= 0.6 is 0 Å². The second kappa shape index (κ2) is 8.47. The smallest absolute Gasteiger partial charge is 0.254 e. The van der Waals surface area contributed by atoms with E-state index in [9.17, 15) is 9.90 Å². The van der Waals surface area contributed by atoms with Crippen molar-refractivity contribution in [3.8, 4) is 5.75 Å². The van der Waals surface area contributed by atoms with E-state index in [4.69, 9.17) is 0 Å². The summed E-state index contributed by atoms with van der Waals surface area (Å²) >= 11 is 0. The summed E-state index contributed by atoms with van der Waals surface area (Å²) in [6, 6.07) is 12.8. The molecule has 0 radical (unpaired) electrons. The van der Waals surface area contributed by atoms with E-state index in [-0.39, 0.29) is 22.8 Å². The lowest BCUT2D eigenvalue weighted by molar-refractivity contribution is 0.0624. The fraction of sp³-hybridized carbons (Fsp3) is 0.552. The van der Waals surface area contributed by atoms with Gasteiger partial charge < -0.3 is 10.0 Å². The number of amides is 1. The minimum absolute atomic E-state index is 0.0249. The largest absolute Gasteiger partial charge is 0.507 e. The molecule has 1 aliphatic heterocycles. The molecule has 1 N–H and O–H groups in total. The Morgan fingerprint density at radius 2 is 1.52 bits per heavy atom. The van der Waals surface area contributed by atoms with E-state index >= 15 is 0 Å². The minimum Gasteiger partial charge on any atom is -0.507 e. The summed E-state index contributed by atoms with van der Waals surface area (Å²) in [4.78, 5) is 18.5. The number of likely N-dealkylation sites (tertiary alicyclic amines) is 1. The number of aromatic hydroxyl groups is 1. The maximum Gasteiger partial charge on any atom is 0.254 e. The molecule has 0 aromatic heterocycles. The lowest BCUT2D eigenvalue weighted by Gasteiger charge is -2.36. The van der Waals surface area contributed by atoms with Gasteiger partial charge in [0.15, 0.2) is 0 Å². The van der Waals surface area contributed by atoms with Crippen LogP contribution in [0.4, 0.5) is 0 Å². The quantitative estimate of drug-likeness (QED) is 0.643. The van der Waals surface area contributed by atoms with Crippen LogP contribution in [0.5, 0.6) is 5.75 Å². The van der Waals surface area contributed by atoms with E-state index in [0.717, 1.165) is 30.6 Å². The second-order valence-electron chi connectivity index (χ2n) is 12.0. The Labute approximate surface area is 199 Å². The number of carbonyl (C=O) groups is 1. The van der Waals surface area contributed by atoms with Crippen LogP contribution in [0.25, 0.3) is 0 Å². The summed E-state index contributed by atoms with van der Waals surface area (Å²) in [5.74, 6) is 0.340. The molecular formula is C29H40N2O2. The zero-order valence-electron chi connectivity index (χ0n) is 21.4. The van der Waals surface area contributed by atoms with Gasteiger partial charge in [-0.1, -0.05) is 65.8 Å². The van der Waals surface area contributed by atoms with Crippen LogP contribution in [0.15, 0.2) is 36.4 Å². The molecule has 33 heavy (non-hydrogen) atoms. The molecule has 4 heteroatoms. The summed E-state index contributed by atoms with van der Waals surface area (Å²) in [5, 5.41) is 11.1. The number of hydrogen-bond donors (Lipinski definition) is 1. The number of rotatable bonds is 3. The van der Waals surface area contributed by atoms with E-state index in [1.165, 1.54) is 24.0 Å². The zero-order chi connectivity index (χ0) is 24.1. The second-order valence-corrected chi connectivity index (χ2v) is 12.0. The van der Waals surface area contributed by atoms with Crippen LogP contribution in [-0.4, -0.2) is 47.0 Å². The fourth-order valence-corrected chi connectivity index (χ4v) is 5.65. The predicted molar refractivity (Wildman–Crippen MR) is 135 cm³/mol. The molecule has 1 fully saturated rings. The number of nitrogens with zero attached hydrogens (tertiary/aromatic N) is 2. The fourth-order valence-electron chi connectivity index (χ4n) is 5.65. The Morgan fingerprint density at radius 1 is 0.970 bits per heavy atom. The first-order chi connectivity index (χ1) is 15.4. The van der Waals surface area contributed by atoms with Gasteiger partial charge in [0.1, 0.15) is 5.75 Å². The van der Waals surface area contributed by atoms with Crippen molar-refractivity contribution in [2.75, 3.05) is 20.1 Å². The standard InChI is InChI=1S/C29H40N2O2/c1-28(2,3)22-16-20(17-23(26(22)32)29(4,5)6)27(33)30(7)25-21-13-9-8-12-19(21)18-24(25)31-14-10-11-15-31/h8-9,12-13,16-17,24-25,32H,10-11,14-15,18H2,1-7H3. The van der Waals surface area contributed by atoms with Crippen molar-refractivity contribution in [1.82, 2.24) is 9.80 Å². The molecule has 2 atom stereocenters. The summed E-state index contributed by atoms with van der Waals surface area (Å²) in [6.07, 6.45) is 3.46. The van der Waals surface area contributed by atoms with Gasteiger partial charge in [-0.15, -0.1) is 0 Å². The Bertz CT molecular complexity index is 1000. The third kappa shape index (κ3) is 4.42. The van der Waals surface area contributed by atoms with Crippen molar-refractivity contribution >= 4 is 5.91 Å². The first-order valence-corrected chi connectivity index (χ1v) is 12.4. The van der Waals surface area contributed by atoms with Crippen LogP contribution < -0.4 is 0 Å². The number of phenols is 1. The molecule has 2 aromatic carbocycles. The molecule has 2 aliphatic rings. The van der Waals surface area contributed by atoms with Crippen molar-refractivity contribution in [3.05, 3.63) is 64.2 Å². The summed E-state index contributed by atoms with van der Waals surface area (Å²) < 4.78 is 0. The minimum atomic E-state index is -0.267. The molecular weight excluding hydrogens is 408 g/mol. The van der Waals surface area contributed by atoms with Gasteiger partial charge in [0.05, 0.1) is 6.04 Å². The monoisotopic (exact) mass is 448 g/mol. The molecule has 0 bridgehead atoms. The van der Waals surface area contributed by atoms with E-state index in [1.54, 1.807) is 0 Å². The average molecular weight is 449 g/mol. The van der Waals surface area contributed by atoms with Crippen molar-refractivity contribution < 1.29 is 9.90 Å². The lowest BCUT2D eigenvalue weighted by atomic mass is 9.78. The Hall–Kier alpha value is -2.33. The SMILES string of the molecule is CN(C(=O)c1cc(C(C)(C)C)c(O)c(C(C)(C)C)c1)C1c2ccccc2CC1N1CCCC1. The highest BCUT2D eigenvalue weighted by Crippen LogP contribution is 2.42. The van der Waals surface area contributed by atoms with Crippen LogP contribution in [0.2, 0.25) is 0 Å². The highest BCUT2D eigenvalue weighted by molar-refractivity contribution is 5.95. The summed E-state index contributed by atoms with van der Waals surface area (Å²) in [6.45, 7) is 14.7. The first-order valence-electron chi connectivity index (χ1n) is 12.4. The normalized spacial score (nSPS) is 21.3. The average Bonchev–Trinajstić information content (AvgIpc) is 3.38. The Balaban J connectivity index is 1.77. The molecule has 178 valence electrons. The van der Waals surface area contributed by atoms with Gasteiger partial charge in [-0.25, -0.2) is 0 Å². The van der Waals surface area contributed by atoms with E-state index in [0.29, 0.717) is 17.4 Å². The number of carbonyl (C=O) groups excluding carboxylic acids is 1. The molecule has 1 aliphatic carbocycles. The molecule has 1 saturated heterocycles. The number of likely N-dealkylation sites (N-methyl/N-ethyl adjacent to an activating group) is 1. The summed E-state index contributed by atoms with van der Waals surface area (Å²) in [5.41, 5.74) is 4.42. The predicted octanol–water partition coefficient (Wildman–Crippen LogP) is 5.82. The van der Waals surface area contributed by atoms with Crippen molar-refractivity contribution in [2.45, 2.75) is 83.7 Å². The van der Waals surface area contributed by atoms with Crippen LogP contribution in [0.3, 0.4) is 0 Å². The Morgan fingerprint density at radius 3 is 2.06 bits per heavy atom. The third-order valence-corrected chi connectivity index (χ3v) is 7.49. The molecule has 4 rings (SSSR count). The van der Waals surface area contributed by atoms with Crippen molar-refractivity contribution in [1.29, 1.82) is 0 Å². The van der Waals surface area contributed by atoms with Crippen molar-refractivity contribution in [3.63, 3.8) is 0 Å². The maximum atomic E-state index is 14.0. The number of benzene rings is 2. The molecule has 4 nitrogen and oxygen atoms in total. The van der Waals surface area contributed by atoms with Crippen LogP contribution in [0, 0.1) is 0 Å². The molecule has 2 unspecified atom stereocenters. The van der Waals surface area contributed by atoms with Gasteiger partial charge in [-0.05, 0) is 66.4 Å². The van der Waals surface area contributed by atoms with Gasteiger partial charge in [0.25, 0.3) is 5.91 Å². The molecule has 0 saturated carbocycles. The Kier molecular flexibility index (Phi) is 6.11. The highest BCUT2D eigenvalue weighted by Gasteiger charge is 2.41. The van der Waals surface area contributed by atoms with Gasteiger partial charge in [-0.2, -0.15) is 0 Å². The van der Waals surface area contributed by atoms with Crippen LogP contribution in [-0.2, 0) is 17.3 Å². The summed E-state index contributed by atoms with van der Waals surface area (Å²) in [7, 11) is 1.96.